The van der Waals surface area contributed by atoms with Crippen LogP contribution >= 0.6 is 11.6 Å². The Morgan fingerprint density at radius 1 is 1.18 bits per heavy atom. The summed E-state index contributed by atoms with van der Waals surface area (Å²) in [7, 11) is 0. The van der Waals surface area contributed by atoms with Crippen molar-refractivity contribution in [2.45, 2.75) is 19.6 Å². The topological polar surface area (TPSA) is 61.7 Å². The summed E-state index contributed by atoms with van der Waals surface area (Å²) in [6.45, 7) is 3.18. The average molecular weight is 322 g/mol. The van der Waals surface area contributed by atoms with Gasteiger partial charge in [-0.2, -0.15) is 0 Å². The summed E-state index contributed by atoms with van der Waals surface area (Å²) in [5.74, 6) is 0.609. The zero-order chi connectivity index (χ0) is 15.9. The summed E-state index contributed by atoms with van der Waals surface area (Å²) in [5, 5.41) is 24.0. The molecule has 0 fully saturated rings. The number of benzene rings is 2. The van der Waals surface area contributed by atoms with Crippen LogP contribution in [0.3, 0.4) is 0 Å². The van der Waals surface area contributed by atoms with Gasteiger partial charge >= 0.3 is 0 Å². The molecule has 2 aromatic rings. The van der Waals surface area contributed by atoms with Gasteiger partial charge in [-0.3, -0.25) is 0 Å². The molecular formula is C17H20ClNO3. The van der Waals surface area contributed by atoms with E-state index in [2.05, 4.69) is 5.32 Å². The van der Waals surface area contributed by atoms with E-state index in [1.54, 1.807) is 30.3 Å². The molecule has 0 spiro atoms. The van der Waals surface area contributed by atoms with Gasteiger partial charge in [-0.05, 0) is 30.7 Å². The molecular weight excluding hydrogens is 302 g/mol. The summed E-state index contributed by atoms with van der Waals surface area (Å²) < 4.78 is 5.35. The molecule has 3 N–H and O–H groups in total. The molecule has 0 amide bonds. The van der Waals surface area contributed by atoms with Crippen molar-refractivity contribution < 1.29 is 14.9 Å². The minimum Gasteiger partial charge on any atom is -0.504 e. The Labute approximate surface area is 135 Å². The second-order valence-corrected chi connectivity index (χ2v) is 5.33. The normalized spacial score (nSPS) is 12.1. The highest BCUT2D eigenvalue weighted by atomic mass is 35.5. The van der Waals surface area contributed by atoms with Crippen LogP contribution in [-0.2, 0) is 6.54 Å². The summed E-state index contributed by atoms with van der Waals surface area (Å²) in [6, 6.07) is 12.5. The Morgan fingerprint density at radius 3 is 2.59 bits per heavy atom. The van der Waals surface area contributed by atoms with Crippen molar-refractivity contribution >= 4 is 11.6 Å². The quantitative estimate of drug-likeness (QED) is 0.732. The van der Waals surface area contributed by atoms with E-state index in [0.29, 0.717) is 30.5 Å². The van der Waals surface area contributed by atoms with E-state index in [4.69, 9.17) is 16.3 Å². The third-order valence-electron chi connectivity index (χ3n) is 3.29. The van der Waals surface area contributed by atoms with E-state index in [1.165, 1.54) is 0 Å². The number of aliphatic hydroxyl groups is 1. The molecule has 5 heteroatoms. The lowest BCUT2D eigenvalue weighted by Crippen LogP contribution is -2.21. The number of aliphatic hydroxyl groups excluding tert-OH is 1. The van der Waals surface area contributed by atoms with Crippen molar-refractivity contribution in [3.8, 4) is 11.5 Å². The van der Waals surface area contributed by atoms with Gasteiger partial charge in [0.1, 0.15) is 0 Å². The van der Waals surface area contributed by atoms with E-state index >= 15 is 0 Å². The van der Waals surface area contributed by atoms with Gasteiger partial charge in [0.25, 0.3) is 0 Å². The van der Waals surface area contributed by atoms with E-state index in [0.717, 1.165) is 11.1 Å². The SMILES string of the molecule is CCOc1cccc(CNCC(O)c2ccc(Cl)cc2)c1O. The fourth-order valence-electron chi connectivity index (χ4n) is 2.13. The van der Waals surface area contributed by atoms with Gasteiger partial charge in [0.2, 0.25) is 0 Å². The van der Waals surface area contributed by atoms with Crippen molar-refractivity contribution in [2.75, 3.05) is 13.2 Å². The average Bonchev–Trinajstić information content (AvgIpc) is 2.51. The molecule has 1 unspecified atom stereocenters. The van der Waals surface area contributed by atoms with Crippen LogP contribution in [0.1, 0.15) is 24.2 Å². The van der Waals surface area contributed by atoms with Gasteiger partial charge in [0.15, 0.2) is 11.5 Å². The third-order valence-corrected chi connectivity index (χ3v) is 3.54. The van der Waals surface area contributed by atoms with Crippen LogP contribution in [-0.4, -0.2) is 23.4 Å². The number of phenolic OH excluding ortho intramolecular Hbond substituents is 1. The number of hydrogen-bond donors (Lipinski definition) is 3. The highest BCUT2D eigenvalue weighted by Gasteiger charge is 2.10. The minimum absolute atomic E-state index is 0.137. The van der Waals surface area contributed by atoms with E-state index in [1.807, 2.05) is 19.1 Å². The fraction of sp³-hybridized carbons (Fsp3) is 0.294. The van der Waals surface area contributed by atoms with Crippen LogP contribution in [0.2, 0.25) is 5.02 Å². The molecule has 22 heavy (non-hydrogen) atoms. The maximum Gasteiger partial charge on any atom is 0.162 e. The fourth-order valence-corrected chi connectivity index (χ4v) is 2.25. The number of phenols is 1. The first-order valence-corrected chi connectivity index (χ1v) is 7.57. The zero-order valence-corrected chi connectivity index (χ0v) is 13.2. The first-order valence-electron chi connectivity index (χ1n) is 7.19. The van der Waals surface area contributed by atoms with Gasteiger partial charge in [-0.25, -0.2) is 0 Å². The maximum atomic E-state index is 10.1. The first-order chi connectivity index (χ1) is 10.6. The van der Waals surface area contributed by atoms with E-state index in [9.17, 15) is 10.2 Å². The van der Waals surface area contributed by atoms with Crippen LogP contribution in [0, 0.1) is 0 Å². The summed E-state index contributed by atoms with van der Waals surface area (Å²) >= 11 is 5.82. The van der Waals surface area contributed by atoms with Crippen molar-refractivity contribution in [1.82, 2.24) is 5.32 Å². The second kappa shape index (κ2) is 8.03. The van der Waals surface area contributed by atoms with E-state index < -0.39 is 6.10 Å². The van der Waals surface area contributed by atoms with Crippen LogP contribution in [0.25, 0.3) is 0 Å². The second-order valence-electron chi connectivity index (χ2n) is 4.90. The molecule has 0 aliphatic rings. The number of hydrogen-bond acceptors (Lipinski definition) is 4. The molecule has 0 aromatic heterocycles. The molecule has 118 valence electrons. The summed E-state index contributed by atoms with van der Waals surface area (Å²) in [6.07, 6.45) is -0.630. The Morgan fingerprint density at radius 2 is 1.91 bits per heavy atom. The number of ether oxygens (including phenoxy) is 1. The molecule has 0 bridgehead atoms. The number of para-hydroxylation sites is 1. The Kier molecular flexibility index (Phi) is 6.07. The molecule has 2 aromatic carbocycles. The number of aromatic hydroxyl groups is 1. The van der Waals surface area contributed by atoms with Crippen molar-refractivity contribution in [2.24, 2.45) is 0 Å². The maximum absolute atomic E-state index is 10.1. The molecule has 1 atom stereocenters. The molecule has 4 nitrogen and oxygen atoms in total. The number of halogens is 1. The van der Waals surface area contributed by atoms with Crippen LogP contribution in [0.4, 0.5) is 0 Å². The monoisotopic (exact) mass is 321 g/mol. The predicted octanol–water partition coefficient (Wildman–Crippen LogP) is 3.27. The van der Waals surface area contributed by atoms with Crippen LogP contribution in [0.5, 0.6) is 11.5 Å². The lowest BCUT2D eigenvalue weighted by Gasteiger charge is -2.14. The molecule has 0 radical (unpaired) electrons. The highest BCUT2D eigenvalue weighted by molar-refractivity contribution is 6.30. The number of rotatable bonds is 7. The molecule has 2 rings (SSSR count). The molecule has 0 aliphatic carbocycles. The standard InChI is InChI=1S/C17H20ClNO3/c1-2-22-16-5-3-4-13(17(16)21)10-19-11-15(20)12-6-8-14(18)9-7-12/h3-9,15,19-21H,2,10-11H2,1H3. The molecule has 0 saturated carbocycles. The first kappa shape index (κ1) is 16.6. The van der Waals surface area contributed by atoms with Crippen molar-refractivity contribution in [3.05, 3.63) is 58.6 Å². The Hall–Kier alpha value is -1.75. The number of nitrogens with one attached hydrogen (secondary N) is 1. The van der Waals surface area contributed by atoms with E-state index in [-0.39, 0.29) is 5.75 Å². The van der Waals surface area contributed by atoms with Gasteiger partial charge in [-0.15, -0.1) is 0 Å². The predicted molar refractivity (Wildman–Crippen MR) is 87.4 cm³/mol. The molecule has 0 saturated heterocycles. The molecule has 0 aliphatic heterocycles. The highest BCUT2D eigenvalue weighted by Crippen LogP contribution is 2.29. The van der Waals surface area contributed by atoms with Gasteiger partial charge in [0.05, 0.1) is 12.7 Å². The van der Waals surface area contributed by atoms with Crippen molar-refractivity contribution in [3.63, 3.8) is 0 Å². The smallest absolute Gasteiger partial charge is 0.162 e. The van der Waals surface area contributed by atoms with Crippen LogP contribution in [0.15, 0.2) is 42.5 Å². The third kappa shape index (κ3) is 4.37. The van der Waals surface area contributed by atoms with Crippen molar-refractivity contribution in [1.29, 1.82) is 0 Å². The Bertz CT molecular complexity index is 601. The molecule has 0 heterocycles. The lowest BCUT2D eigenvalue weighted by atomic mass is 10.1. The summed E-state index contributed by atoms with van der Waals surface area (Å²) in [5.41, 5.74) is 1.53. The largest absolute Gasteiger partial charge is 0.504 e. The Balaban J connectivity index is 1.91. The lowest BCUT2D eigenvalue weighted by molar-refractivity contribution is 0.174. The summed E-state index contributed by atoms with van der Waals surface area (Å²) in [4.78, 5) is 0. The van der Waals surface area contributed by atoms with Gasteiger partial charge in [0, 0.05) is 23.7 Å². The van der Waals surface area contributed by atoms with Gasteiger partial charge < -0.3 is 20.3 Å². The minimum atomic E-state index is -0.630. The zero-order valence-electron chi connectivity index (χ0n) is 12.4. The van der Waals surface area contributed by atoms with Crippen LogP contribution < -0.4 is 10.1 Å². The van der Waals surface area contributed by atoms with Gasteiger partial charge in [-0.1, -0.05) is 35.9 Å².